The van der Waals surface area contributed by atoms with E-state index in [1.807, 2.05) is 30.3 Å². The number of piperidine rings is 1. The summed E-state index contributed by atoms with van der Waals surface area (Å²) in [6.45, 7) is 4.57. The van der Waals surface area contributed by atoms with Crippen molar-refractivity contribution in [2.24, 2.45) is 5.92 Å². The van der Waals surface area contributed by atoms with Crippen LogP contribution < -0.4 is 10.0 Å². The van der Waals surface area contributed by atoms with Gasteiger partial charge < -0.3 is 10.2 Å². The second-order valence-corrected chi connectivity index (χ2v) is 9.85. The van der Waals surface area contributed by atoms with E-state index in [4.69, 9.17) is 0 Å². The predicted octanol–water partition coefficient (Wildman–Crippen LogP) is 3.26. The van der Waals surface area contributed by atoms with E-state index in [0.717, 1.165) is 11.3 Å². The number of likely N-dealkylation sites (tertiary alicyclic amines) is 1. The first kappa shape index (κ1) is 23.7. The highest BCUT2D eigenvalue weighted by Crippen LogP contribution is 2.20. The van der Waals surface area contributed by atoms with Gasteiger partial charge in [-0.1, -0.05) is 30.3 Å². The Hall–Kier alpha value is -2.97. The number of nitrogens with zero attached hydrogens (tertiary/aromatic N) is 1. The van der Waals surface area contributed by atoms with Crippen LogP contribution in [0, 0.1) is 5.92 Å². The number of hydrogen-bond donors (Lipinski definition) is 2. The monoisotopic (exact) mass is 455 g/mol. The summed E-state index contributed by atoms with van der Waals surface area (Å²) < 4.78 is 26.9. The maximum absolute atomic E-state index is 12.5. The summed E-state index contributed by atoms with van der Waals surface area (Å²) in [6.07, 6.45) is 4.39. The Kier molecular flexibility index (Phi) is 7.82. The minimum atomic E-state index is -3.54. The highest BCUT2D eigenvalue weighted by Gasteiger charge is 2.26. The van der Waals surface area contributed by atoms with Crippen molar-refractivity contribution in [2.45, 2.75) is 37.6 Å². The minimum Gasteiger partial charge on any atom is -0.339 e. The van der Waals surface area contributed by atoms with Crippen molar-refractivity contribution in [2.75, 3.05) is 18.4 Å². The number of carbonyl (C=O) groups is 2. The molecule has 8 heteroatoms. The number of nitrogens with one attached hydrogen (secondary N) is 2. The smallest absolute Gasteiger partial charge is 0.246 e. The number of para-hydroxylation sites is 1. The van der Waals surface area contributed by atoms with Crippen molar-refractivity contribution >= 4 is 33.6 Å². The maximum Gasteiger partial charge on any atom is 0.246 e. The van der Waals surface area contributed by atoms with Gasteiger partial charge in [0.1, 0.15) is 0 Å². The molecule has 0 aromatic heterocycles. The Labute approximate surface area is 189 Å². The minimum absolute atomic E-state index is 0.0131. The zero-order valence-electron chi connectivity index (χ0n) is 18.3. The van der Waals surface area contributed by atoms with Crippen LogP contribution in [0.3, 0.4) is 0 Å². The van der Waals surface area contributed by atoms with Gasteiger partial charge in [0.15, 0.2) is 0 Å². The van der Waals surface area contributed by atoms with Crippen LogP contribution >= 0.6 is 0 Å². The molecule has 1 aliphatic rings. The Morgan fingerprint density at radius 3 is 2.22 bits per heavy atom. The number of sulfonamides is 1. The molecular weight excluding hydrogens is 426 g/mol. The van der Waals surface area contributed by atoms with Crippen LogP contribution in [0.4, 0.5) is 5.69 Å². The fraction of sp³-hybridized carbons (Fsp3) is 0.333. The molecule has 1 aliphatic heterocycles. The van der Waals surface area contributed by atoms with E-state index in [2.05, 4.69) is 10.0 Å². The number of amides is 2. The lowest BCUT2D eigenvalue weighted by Gasteiger charge is -2.30. The van der Waals surface area contributed by atoms with Crippen molar-refractivity contribution in [1.82, 2.24) is 9.62 Å². The summed E-state index contributed by atoms with van der Waals surface area (Å²) in [6, 6.07) is 15.5. The molecule has 2 amide bonds. The van der Waals surface area contributed by atoms with Gasteiger partial charge in [0.05, 0.1) is 4.90 Å². The van der Waals surface area contributed by atoms with Crippen LogP contribution in [0.25, 0.3) is 6.08 Å². The van der Waals surface area contributed by atoms with Crippen molar-refractivity contribution in [3.8, 4) is 0 Å². The molecule has 1 saturated heterocycles. The lowest BCUT2D eigenvalue weighted by Crippen LogP contribution is -2.40. The van der Waals surface area contributed by atoms with Gasteiger partial charge in [0, 0.05) is 36.8 Å². The summed E-state index contributed by atoms with van der Waals surface area (Å²) in [5, 5.41) is 2.92. The molecule has 170 valence electrons. The third kappa shape index (κ3) is 6.51. The number of rotatable bonds is 7. The zero-order chi connectivity index (χ0) is 23.1. The van der Waals surface area contributed by atoms with Crippen LogP contribution in [0.15, 0.2) is 65.6 Å². The number of anilines is 1. The summed E-state index contributed by atoms with van der Waals surface area (Å²) in [4.78, 5) is 26.9. The molecule has 0 bridgehead atoms. The molecule has 0 unspecified atom stereocenters. The van der Waals surface area contributed by atoms with E-state index < -0.39 is 10.0 Å². The van der Waals surface area contributed by atoms with Gasteiger partial charge in [-0.25, -0.2) is 13.1 Å². The normalized spacial score (nSPS) is 15.3. The molecular formula is C24H29N3O4S. The average molecular weight is 456 g/mol. The molecule has 2 N–H and O–H groups in total. The van der Waals surface area contributed by atoms with E-state index in [1.165, 1.54) is 18.2 Å². The van der Waals surface area contributed by atoms with E-state index in [1.54, 1.807) is 37.0 Å². The van der Waals surface area contributed by atoms with Crippen LogP contribution in [-0.2, 0) is 19.6 Å². The van der Waals surface area contributed by atoms with Gasteiger partial charge in [-0.3, -0.25) is 9.59 Å². The van der Waals surface area contributed by atoms with Gasteiger partial charge in [0.25, 0.3) is 0 Å². The third-order valence-electron chi connectivity index (χ3n) is 5.22. The number of hydrogen-bond acceptors (Lipinski definition) is 4. The highest BCUT2D eigenvalue weighted by atomic mass is 32.2. The molecule has 3 rings (SSSR count). The maximum atomic E-state index is 12.5. The predicted molar refractivity (Wildman–Crippen MR) is 125 cm³/mol. The van der Waals surface area contributed by atoms with E-state index >= 15 is 0 Å². The average Bonchev–Trinajstić information content (AvgIpc) is 2.77. The standard InChI is InChI=1S/C24H29N3O4S/c1-18(2)26-32(30,31)22-11-8-19(9-12-22)10-13-23(28)27-16-14-20(15-17-27)24(29)25-21-6-4-3-5-7-21/h3-13,18,20,26H,14-17H2,1-2H3,(H,25,29)/b13-10+. The van der Waals surface area contributed by atoms with Crippen LogP contribution in [-0.4, -0.2) is 44.3 Å². The van der Waals surface area contributed by atoms with E-state index in [-0.39, 0.29) is 28.7 Å². The first-order valence-electron chi connectivity index (χ1n) is 10.7. The fourth-order valence-electron chi connectivity index (χ4n) is 3.54. The Morgan fingerprint density at radius 1 is 1.00 bits per heavy atom. The molecule has 0 aliphatic carbocycles. The summed E-state index contributed by atoms with van der Waals surface area (Å²) in [5.74, 6) is -0.247. The van der Waals surface area contributed by atoms with Crippen molar-refractivity contribution < 1.29 is 18.0 Å². The van der Waals surface area contributed by atoms with Crippen molar-refractivity contribution in [3.63, 3.8) is 0 Å². The first-order chi connectivity index (χ1) is 15.2. The van der Waals surface area contributed by atoms with Gasteiger partial charge >= 0.3 is 0 Å². The number of benzene rings is 2. The molecule has 1 fully saturated rings. The number of carbonyl (C=O) groups excluding carboxylic acids is 2. The molecule has 2 aromatic rings. The third-order valence-corrected chi connectivity index (χ3v) is 6.89. The molecule has 0 saturated carbocycles. The van der Waals surface area contributed by atoms with Crippen LogP contribution in [0.5, 0.6) is 0 Å². The van der Waals surface area contributed by atoms with Crippen molar-refractivity contribution in [1.29, 1.82) is 0 Å². The lowest BCUT2D eigenvalue weighted by molar-refractivity contribution is -0.130. The summed E-state index contributed by atoms with van der Waals surface area (Å²) >= 11 is 0. The van der Waals surface area contributed by atoms with Gasteiger partial charge in [-0.15, -0.1) is 0 Å². The Morgan fingerprint density at radius 2 is 1.62 bits per heavy atom. The Bertz CT molecular complexity index is 1060. The van der Waals surface area contributed by atoms with Crippen LogP contribution in [0.2, 0.25) is 0 Å². The largest absolute Gasteiger partial charge is 0.339 e. The second kappa shape index (κ2) is 10.6. The van der Waals surface area contributed by atoms with Crippen molar-refractivity contribution in [3.05, 3.63) is 66.2 Å². The zero-order valence-corrected chi connectivity index (χ0v) is 19.1. The molecule has 7 nitrogen and oxygen atoms in total. The summed E-state index contributed by atoms with van der Waals surface area (Å²) in [7, 11) is -3.54. The van der Waals surface area contributed by atoms with Crippen LogP contribution in [0.1, 0.15) is 32.3 Å². The van der Waals surface area contributed by atoms with Gasteiger partial charge in [-0.2, -0.15) is 0 Å². The molecule has 0 radical (unpaired) electrons. The molecule has 0 atom stereocenters. The quantitative estimate of drug-likeness (QED) is 0.627. The van der Waals surface area contributed by atoms with Gasteiger partial charge in [0.2, 0.25) is 21.8 Å². The highest BCUT2D eigenvalue weighted by molar-refractivity contribution is 7.89. The fourth-order valence-corrected chi connectivity index (χ4v) is 4.79. The molecule has 2 aromatic carbocycles. The molecule has 1 heterocycles. The molecule has 0 spiro atoms. The van der Waals surface area contributed by atoms with E-state index in [0.29, 0.717) is 25.9 Å². The SMILES string of the molecule is CC(C)NS(=O)(=O)c1ccc(/C=C/C(=O)N2CCC(C(=O)Nc3ccccc3)CC2)cc1. The summed E-state index contributed by atoms with van der Waals surface area (Å²) in [5.41, 5.74) is 1.51. The molecule has 32 heavy (non-hydrogen) atoms. The van der Waals surface area contributed by atoms with E-state index in [9.17, 15) is 18.0 Å². The topological polar surface area (TPSA) is 95.6 Å². The van der Waals surface area contributed by atoms with Gasteiger partial charge in [-0.05, 0) is 62.6 Å². The second-order valence-electron chi connectivity index (χ2n) is 8.13. The lowest BCUT2D eigenvalue weighted by atomic mass is 9.95. The Balaban J connectivity index is 1.51. The first-order valence-corrected chi connectivity index (χ1v) is 12.2.